The van der Waals surface area contributed by atoms with Gasteiger partial charge in [-0.3, -0.25) is 0 Å². The van der Waals surface area contributed by atoms with Crippen molar-refractivity contribution in [2.45, 2.75) is 11.8 Å². The molecule has 0 aromatic heterocycles. The third-order valence-corrected chi connectivity index (χ3v) is 4.24. The maximum absolute atomic E-state index is 14.0. The Labute approximate surface area is 130 Å². The van der Waals surface area contributed by atoms with Gasteiger partial charge in [0.25, 0.3) is 0 Å². The SMILES string of the molecule is COc1cc(OC)cc(C(Br)c2cc(C)c(F)cc2F)c1. The zero-order valence-electron chi connectivity index (χ0n) is 11.9. The summed E-state index contributed by atoms with van der Waals surface area (Å²) in [6, 6.07) is 7.68. The first-order valence-corrected chi connectivity index (χ1v) is 7.20. The number of rotatable bonds is 4. The molecule has 5 heteroatoms. The summed E-state index contributed by atoms with van der Waals surface area (Å²) < 4.78 is 37.8. The van der Waals surface area contributed by atoms with E-state index in [9.17, 15) is 8.78 Å². The summed E-state index contributed by atoms with van der Waals surface area (Å²) in [5.74, 6) is 0.0574. The largest absolute Gasteiger partial charge is 0.497 e. The third kappa shape index (κ3) is 3.35. The molecule has 1 atom stereocenters. The van der Waals surface area contributed by atoms with E-state index in [2.05, 4.69) is 15.9 Å². The molecule has 0 fully saturated rings. The van der Waals surface area contributed by atoms with Gasteiger partial charge in [-0.05, 0) is 36.2 Å². The minimum Gasteiger partial charge on any atom is -0.497 e. The number of alkyl halides is 1. The third-order valence-electron chi connectivity index (χ3n) is 3.22. The summed E-state index contributed by atoms with van der Waals surface area (Å²) in [6.45, 7) is 1.60. The van der Waals surface area contributed by atoms with Crippen molar-refractivity contribution >= 4 is 15.9 Å². The summed E-state index contributed by atoms with van der Waals surface area (Å²) in [5.41, 5.74) is 1.52. The highest BCUT2D eigenvalue weighted by Gasteiger charge is 2.18. The van der Waals surface area contributed by atoms with Crippen LogP contribution in [0.1, 0.15) is 21.5 Å². The fourth-order valence-corrected chi connectivity index (χ4v) is 2.64. The van der Waals surface area contributed by atoms with Gasteiger partial charge in [0, 0.05) is 17.7 Å². The van der Waals surface area contributed by atoms with Crippen molar-refractivity contribution in [3.63, 3.8) is 0 Å². The molecule has 2 aromatic carbocycles. The van der Waals surface area contributed by atoms with Gasteiger partial charge >= 0.3 is 0 Å². The summed E-state index contributed by atoms with van der Waals surface area (Å²) >= 11 is 3.46. The molecular weight excluding hydrogens is 342 g/mol. The lowest BCUT2D eigenvalue weighted by molar-refractivity contribution is 0.393. The van der Waals surface area contributed by atoms with Crippen molar-refractivity contribution < 1.29 is 18.3 Å². The van der Waals surface area contributed by atoms with Gasteiger partial charge in [-0.1, -0.05) is 15.9 Å². The van der Waals surface area contributed by atoms with Crippen molar-refractivity contribution in [2.75, 3.05) is 14.2 Å². The lowest BCUT2D eigenvalue weighted by atomic mass is 10.0. The Kier molecular flexibility index (Phi) is 4.83. The molecule has 0 saturated heterocycles. The van der Waals surface area contributed by atoms with Crippen LogP contribution in [-0.4, -0.2) is 14.2 Å². The molecule has 2 aromatic rings. The second-order valence-corrected chi connectivity index (χ2v) is 5.55. The predicted molar refractivity (Wildman–Crippen MR) is 81.4 cm³/mol. The van der Waals surface area contributed by atoms with Crippen LogP contribution in [0.4, 0.5) is 8.78 Å². The standard InChI is InChI=1S/C16H15BrF2O2/c1-9-4-13(15(19)8-14(9)18)16(17)10-5-11(20-2)7-12(6-10)21-3/h4-8,16H,1-3H3. The Morgan fingerprint density at radius 1 is 0.905 bits per heavy atom. The van der Waals surface area contributed by atoms with E-state index in [4.69, 9.17) is 9.47 Å². The molecule has 0 spiro atoms. The monoisotopic (exact) mass is 356 g/mol. The van der Waals surface area contributed by atoms with E-state index in [-0.39, 0.29) is 0 Å². The van der Waals surface area contributed by atoms with Gasteiger partial charge in [0.1, 0.15) is 23.1 Å². The summed E-state index contributed by atoms with van der Waals surface area (Å²) in [5, 5.41) is 0. The van der Waals surface area contributed by atoms with E-state index in [1.165, 1.54) is 6.07 Å². The molecule has 0 saturated carbocycles. The molecule has 0 N–H and O–H groups in total. The first kappa shape index (κ1) is 15.8. The molecule has 0 heterocycles. The van der Waals surface area contributed by atoms with Gasteiger partial charge in [0.15, 0.2) is 0 Å². The summed E-state index contributed by atoms with van der Waals surface area (Å²) in [7, 11) is 3.09. The predicted octanol–water partition coefficient (Wildman–Crippen LogP) is 4.77. The second-order valence-electron chi connectivity index (χ2n) is 4.63. The normalized spacial score (nSPS) is 12.1. The summed E-state index contributed by atoms with van der Waals surface area (Å²) in [6.07, 6.45) is 0. The number of hydrogen-bond donors (Lipinski definition) is 0. The fraction of sp³-hybridized carbons (Fsp3) is 0.250. The molecule has 112 valence electrons. The minimum absolute atomic E-state index is 0.365. The molecular formula is C16H15BrF2O2. The van der Waals surface area contributed by atoms with Crippen molar-refractivity contribution in [1.29, 1.82) is 0 Å². The Morgan fingerprint density at radius 3 is 2.00 bits per heavy atom. The number of benzene rings is 2. The molecule has 1 unspecified atom stereocenters. The van der Waals surface area contributed by atoms with Crippen LogP contribution in [0.25, 0.3) is 0 Å². The van der Waals surface area contributed by atoms with Crippen LogP contribution in [-0.2, 0) is 0 Å². The Balaban J connectivity index is 2.49. The zero-order chi connectivity index (χ0) is 15.6. The molecule has 2 rings (SSSR count). The van der Waals surface area contributed by atoms with Crippen LogP contribution in [0.3, 0.4) is 0 Å². The van der Waals surface area contributed by atoms with Crippen LogP contribution in [0, 0.1) is 18.6 Å². The average molecular weight is 357 g/mol. The Bertz CT molecular complexity index is 637. The second kappa shape index (κ2) is 6.43. The lowest BCUT2D eigenvalue weighted by Crippen LogP contribution is -2.00. The van der Waals surface area contributed by atoms with Crippen LogP contribution < -0.4 is 9.47 Å². The molecule has 21 heavy (non-hydrogen) atoms. The molecule has 0 aliphatic carbocycles. The number of halogens is 3. The highest BCUT2D eigenvalue weighted by molar-refractivity contribution is 9.09. The van der Waals surface area contributed by atoms with E-state index in [1.54, 1.807) is 39.3 Å². The Morgan fingerprint density at radius 2 is 1.48 bits per heavy atom. The van der Waals surface area contributed by atoms with Gasteiger partial charge < -0.3 is 9.47 Å². The summed E-state index contributed by atoms with van der Waals surface area (Å²) in [4.78, 5) is -0.430. The number of methoxy groups -OCH3 is 2. The van der Waals surface area contributed by atoms with E-state index in [0.717, 1.165) is 11.6 Å². The van der Waals surface area contributed by atoms with Crippen molar-refractivity contribution in [1.82, 2.24) is 0 Å². The van der Waals surface area contributed by atoms with Gasteiger partial charge in [-0.25, -0.2) is 8.78 Å². The van der Waals surface area contributed by atoms with Crippen LogP contribution in [0.2, 0.25) is 0 Å². The molecule has 0 aliphatic rings. The fourth-order valence-electron chi connectivity index (χ4n) is 2.03. The Hall–Kier alpha value is -1.62. The maximum atomic E-state index is 14.0. The van der Waals surface area contributed by atoms with Crippen LogP contribution in [0.5, 0.6) is 11.5 Å². The first-order valence-electron chi connectivity index (χ1n) is 6.29. The minimum atomic E-state index is -0.596. The van der Waals surface area contributed by atoms with Crippen molar-refractivity contribution in [2.24, 2.45) is 0 Å². The first-order chi connectivity index (χ1) is 9.96. The van der Waals surface area contributed by atoms with Crippen molar-refractivity contribution in [3.05, 3.63) is 58.7 Å². The smallest absolute Gasteiger partial charge is 0.130 e. The van der Waals surface area contributed by atoms with Gasteiger partial charge in [0.2, 0.25) is 0 Å². The van der Waals surface area contributed by atoms with Gasteiger partial charge in [-0.15, -0.1) is 0 Å². The number of ether oxygens (including phenoxy) is 2. The number of aryl methyl sites for hydroxylation is 1. The molecule has 2 nitrogen and oxygen atoms in total. The molecule has 0 bridgehead atoms. The average Bonchev–Trinajstić information content (AvgIpc) is 2.49. The molecule has 0 amide bonds. The number of hydrogen-bond acceptors (Lipinski definition) is 2. The van der Waals surface area contributed by atoms with E-state index in [0.29, 0.717) is 22.6 Å². The molecule has 0 aliphatic heterocycles. The lowest BCUT2D eigenvalue weighted by Gasteiger charge is -2.15. The van der Waals surface area contributed by atoms with Crippen LogP contribution >= 0.6 is 15.9 Å². The van der Waals surface area contributed by atoms with Gasteiger partial charge in [-0.2, -0.15) is 0 Å². The van der Waals surface area contributed by atoms with Gasteiger partial charge in [0.05, 0.1) is 19.0 Å². The maximum Gasteiger partial charge on any atom is 0.130 e. The topological polar surface area (TPSA) is 18.5 Å². The van der Waals surface area contributed by atoms with E-state index in [1.807, 2.05) is 0 Å². The van der Waals surface area contributed by atoms with Crippen molar-refractivity contribution in [3.8, 4) is 11.5 Å². The highest BCUT2D eigenvalue weighted by Crippen LogP contribution is 2.37. The highest BCUT2D eigenvalue weighted by atomic mass is 79.9. The van der Waals surface area contributed by atoms with E-state index < -0.39 is 16.5 Å². The quantitative estimate of drug-likeness (QED) is 0.734. The van der Waals surface area contributed by atoms with Crippen LogP contribution in [0.15, 0.2) is 30.3 Å². The van der Waals surface area contributed by atoms with E-state index >= 15 is 0 Å². The molecule has 0 radical (unpaired) electrons. The zero-order valence-corrected chi connectivity index (χ0v) is 13.5.